The molecule has 1 fully saturated rings. The Morgan fingerprint density at radius 3 is 2.24 bits per heavy atom. The Hall–Kier alpha value is -2.92. The smallest absolute Gasteiger partial charge is 0.228 e. The molecule has 0 aliphatic carbocycles. The Morgan fingerprint density at radius 1 is 0.897 bits per heavy atom. The Kier molecular flexibility index (Phi) is 5.49. The molecule has 5 heteroatoms. The number of hydrogen-bond acceptors (Lipinski definition) is 5. The van der Waals surface area contributed by atoms with Gasteiger partial charge in [-0.3, -0.25) is 0 Å². The van der Waals surface area contributed by atoms with Gasteiger partial charge in [-0.2, -0.15) is 4.98 Å². The number of ether oxygens (including phenoxy) is 1. The van der Waals surface area contributed by atoms with E-state index in [0.717, 1.165) is 41.8 Å². The molecular weight excluding hydrogens is 360 g/mol. The number of nitrogens with one attached hydrogen (secondary N) is 1. The van der Waals surface area contributed by atoms with Gasteiger partial charge >= 0.3 is 0 Å². The number of rotatable bonds is 4. The second-order valence-electron chi connectivity index (χ2n) is 8.36. The zero-order valence-corrected chi connectivity index (χ0v) is 17.4. The van der Waals surface area contributed by atoms with Crippen molar-refractivity contribution in [2.45, 2.75) is 26.2 Å². The van der Waals surface area contributed by atoms with Crippen LogP contribution in [0, 0.1) is 0 Å². The molecule has 2 aromatic carbocycles. The van der Waals surface area contributed by atoms with Crippen molar-refractivity contribution in [2.24, 2.45) is 0 Å². The van der Waals surface area contributed by atoms with Gasteiger partial charge in [0.2, 0.25) is 5.95 Å². The Morgan fingerprint density at radius 2 is 1.59 bits per heavy atom. The number of anilines is 3. The van der Waals surface area contributed by atoms with Crippen LogP contribution in [0.2, 0.25) is 0 Å². The number of aromatic nitrogens is 2. The largest absolute Gasteiger partial charge is 0.378 e. The zero-order chi connectivity index (χ0) is 20.3. The van der Waals surface area contributed by atoms with Gasteiger partial charge < -0.3 is 15.0 Å². The first kappa shape index (κ1) is 19.4. The van der Waals surface area contributed by atoms with Gasteiger partial charge in [0, 0.05) is 30.4 Å². The van der Waals surface area contributed by atoms with E-state index in [1.165, 1.54) is 5.56 Å². The third-order valence-electron chi connectivity index (χ3n) is 5.10. The number of benzene rings is 2. The van der Waals surface area contributed by atoms with Crippen LogP contribution in [0.3, 0.4) is 0 Å². The van der Waals surface area contributed by atoms with E-state index >= 15 is 0 Å². The highest BCUT2D eigenvalue weighted by Gasteiger charge is 2.17. The first-order valence-corrected chi connectivity index (χ1v) is 10.1. The van der Waals surface area contributed by atoms with Crippen LogP contribution in [-0.4, -0.2) is 36.3 Å². The van der Waals surface area contributed by atoms with Crippen LogP contribution in [0.1, 0.15) is 26.3 Å². The molecular formula is C24H28N4O. The Balaban J connectivity index is 1.66. The third kappa shape index (κ3) is 4.74. The molecule has 1 N–H and O–H groups in total. The summed E-state index contributed by atoms with van der Waals surface area (Å²) >= 11 is 0. The maximum atomic E-state index is 5.49. The highest BCUT2D eigenvalue weighted by Crippen LogP contribution is 2.27. The van der Waals surface area contributed by atoms with Crippen LogP contribution < -0.4 is 10.2 Å². The quantitative estimate of drug-likeness (QED) is 0.680. The predicted octanol–water partition coefficient (Wildman–Crippen LogP) is 5.02. The number of hydrogen-bond donors (Lipinski definition) is 1. The minimum Gasteiger partial charge on any atom is -0.378 e. The average molecular weight is 389 g/mol. The highest BCUT2D eigenvalue weighted by atomic mass is 16.5. The van der Waals surface area contributed by atoms with Crippen LogP contribution in [-0.2, 0) is 10.2 Å². The lowest BCUT2D eigenvalue weighted by molar-refractivity contribution is 0.122. The average Bonchev–Trinajstić information content (AvgIpc) is 2.74. The van der Waals surface area contributed by atoms with Gasteiger partial charge in [0.1, 0.15) is 5.82 Å². The molecule has 4 rings (SSSR count). The summed E-state index contributed by atoms with van der Waals surface area (Å²) in [6, 6.07) is 20.8. The van der Waals surface area contributed by atoms with Crippen LogP contribution >= 0.6 is 0 Å². The van der Waals surface area contributed by atoms with E-state index in [2.05, 4.69) is 67.4 Å². The SMILES string of the molecule is CC(C)(C)c1ccc(Nc2cc(-c3ccccc3)nc(N3CCOCC3)n2)cc1. The van der Waals surface area contributed by atoms with Crippen molar-refractivity contribution < 1.29 is 4.74 Å². The second-order valence-corrected chi connectivity index (χ2v) is 8.36. The van der Waals surface area contributed by atoms with Crippen molar-refractivity contribution >= 4 is 17.5 Å². The highest BCUT2D eigenvalue weighted by molar-refractivity contribution is 5.67. The van der Waals surface area contributed by atoms with Crippen LogP contribution in [0.15, 0.2) is 60.7 Å². The van der Waals surface area contributed by atoms with Crippen LogP contribution in [0.5, 0.6) is 0 Å². The lowest BCUT2D eigenvalue weighted by atomic mass is 9.87. The summed E-state index contributed by atoms with van der Waals surface area (Å²) in [5.74, 6) is 1.53. The maximum absolute atomic E-state index is 5.49. The number of morpholine rings is 1. The van der Waals surface area contributed by atoms with Crippen molar-refractivity contribution in [1.29, 1.82) is 0 Å². The first-order chi connectivity index (χ1) is 14.0. The summed E-state index contributed by atoms with van der Waals surface area (Å²) in [7, 11) is 0. The third-order valence-corrected chi connectivity index (χ3v) is 5.10. The fraction of sp³-hybridized carbons (Fsp3) is 0.333. The van der Waals surface area contributed by atoms with E-state index in [-0.39, 0.29) is 5.41 Å². The van der Waals surface area contributed by atoms with E-state index in [1.807, 2.05) is 24.3 Å². The molecule has 1 saturated heterocycles. The summed E-state index contributed by atoms with van der Waals surface area (Å²) in [5.41, 5.74) is 4.46. The van der Waals surface area contributed by atoms with E-state index in [9.17, 15) is 0 Å². The van der Waals surface area contributed by atoms with Gasteiger partial charge in [-0.05, 0) is 23.1 Å². The lowest BCUT2D eigenvalue weighted by Gasteiger charge is -2.27. The molecule has 0 saturated carbocycles. The van der Waals surface area contributed by atoms with Crippen LogP contribution in [0.25, 0.3) is 11.3 Å². The summed E-state index contributed by atoms with van der Waals surface area (Å²) in [5, 5.41) is 3.46. The summed E-state index contributed by atoms with van der Waals surface area (Å²) in [4.78, 5) is 11.8. The fourth-order valence-corrected chi connectivity index (χ4v) is 3.36. The molecule has 0 atom stereocenters. The first-order valence-electron chi connectivity index (χ1n) is 10.1. The molecule has 1 aliphatic heterocycles. The van der Waals surface area contributed by atoms with E-state index in [4.69, 9.17) is 14.7 Å². The molecule has 2 heterocycles. The monoisotopic (exact) mass is 388 g/mol. The molecule has 29 heavy (non-hydrogen) atoms. The Labute approximate surface area is 172 Å². The van der Waals surface area contributed by atoms with E-state index in [1.54, 1.807) is 0 Å². The molecule has 1 aromatic heterocycles. The van der Waals surface area contributed by atoms with Gasteiger partial charge in [0.05, 0.1) is 18.9 Å². The van der Waals surface area contributed by atoms with Crippen LogP contribution in [0.4, 0.5) is 17.5 Å². The van der Waals surface area contributed by atoms with E-state index < -0.39 is 0 Å². The normalized spacial score (nSPS) is 14.7. The fourth-order valence-electron chi connectivity index (χ4n) is 3.36. The van der Waals surface area contributed by atoms with Gasteiger partial charge in [-0.1, -0.05) is 63.2 Å². The van der Waals surface area contributed by atoms with Crippen molar-refractivity contribution in [3.63, 3.8) is 0 Å². The summed E-state index contributed by atoms with van der Waals surface area (Å²) < 4.78 is 5.49. The van der Waals surface area contributed by atoms with E-state index in [0.29, 0.717) is 13.2 Å². The molecule has 150 valence electrons. The molecule has 3 aromatic rings. The molecule has 5 nitrogen and oxygen atoms in total. The number of nitrogens with zero attached hydrogens (tertiary/aromatic N) is 3. The van der Waals surface area contributed by atoms with Crippen molar-refractivity contribution in [3.05, 3.63) is 66.2 Å². The standard InChI is InChI=1S/C24H28N4O/c1-24(2,3)19-9-11-20(12-10-19)25-22-17-21(18-7-5-4-6-8-18)26-23(27-22)28-13-15-29-16-14-28/h4-12,17H,13-16H2,1-3H3,(H,25,26,27). The molecule has 1 aliphatic rings. The maximum Gasteiger partial charge on any atom is 0.228 e. The zero-order valence-electron chi connectivity index (χ0n) is 17.4. The molecule has 0 bridgehead atoms. The summed E-state index contributed by atoms with van der Waals surface area (Å²) in [6.07, 6.45) is 0. The topological polar surface area (TPSA) is 50.3 Å². The molecule has 0 spiro atoms. The molecule has 0 amide bonds. The van der Waals surface area contributed by atoms with Crippen molar-refractivity contribution in [3.8, 4) is 11.3 Å². The van der Waals surface area contributed by atoms with Gasteiger partial charge in [0.15, 0.2) is 0 Å². The van der Waals surface area contributed by atoms with Gasteiger partial charge in [-0.25, -0.2) is 4.98 Å². The van der Waals surface area contributed by atoms with Crippen molar-refractivity contribution in [2.75, 3.05) is 36.5 Å². The summed E-state index contributed by atoms with van der Waals surface area (Å²) in [6.45, 7) is 9.68. The van der Waals surface area contributed by atoms with Gasteiger partial charge in [-0.15, -0.1) is 0 Å². The molecule has 0 radical (unpaired) electrons. The van der Waals surface area contributed by atoms with Crippen molar-refractivity contribution in [1.82, 2.24) is 9.97 Å². The second kappa shape index (κ2) is 8.21. The lowest BCUT2D eigenvalue weighted by Crippen LogP contribution is -2.37. The Bertz CT molecular complexity index is 943. The molecule has 0 unspecified atom stereocenters. The van der Waals surface area contributed by atoms with Gasteiger partial charge in [0.25, 0.3) is 0 Å². The predicted molar refractivity (Wildman–Crippen MR) is 119 cm³/mol. The minimum atomic E-state index is 0.136. The minimum absolute atomic E-state index is 0.136.